The molecule has 39 nitrogen and oxygen atoms in total. The van der Waals surface area contributed by atoms with E-state index in [2.05, 4.69) is 24.5 Å². The van der Waals surface area contributed by atoms with Crippen LogP contribution in [0.2, 0.25) is 0 Å². The van der Waals surface area contributed by atoms with Gasteiger partial charge in [0.1, 0.15) is 97.5 Å². The van der Waals surface area contributed by atoms with Crippen molar-refractivity contribution in [2.45, 2.75) is 510 Å². The van der Waals surface area contributed by atoms with Gasteiger partial charge < -0.3 is 138 Å². The molecule has 0 bridgehead atoms. The topological polar surface area (TPSA) is 609 Å². The fourth-order valence-corrected chi connectivity index (χ4v) is 18.2. The number of amides is 2. The first kappa shape index (κ1) is 119. The van der Waals surface area contributed by atoms with Gasteiger partial charge in [-0.3, -0.25) is 51.5 Å². The van der Waals surface area contributed by atoms with Gasteiger partial charge in [0.05, 0.1) is 63.0 Å². The van der Waals surface area contributed by atoms with E-state index in [1.54, 1.807) is 0 Å². The number of ether oxygens (including phenoxy) is 9. The molecule has 4 fully saturated rings. The number of phosphoric ester groups is 2. The van der Waals surface area contributed by atoms with E-state index < -0.39 is 249 Å². The summed E-state index contributed by atoms with van der Waals surface area (Å²) >= 11 is 0. The quantitative estimate of drug-likeness (QED) is 0.0138. The average Bonchev–Trinajstić information content (AvgIpc) is 0.772. The molecule has 2 amide bonds. The van der Waals surface area contributed by atoms with Crippen LogP contribution in [0.15, 0.2) is 0 Å². The zero-order chi connectivity index (χ0) is 96.9. The maximum atomic E-state index is 15.3. The summed E-state index contributed by atoms with van der Waals surface area (Å²) in [7, 11) is -12.9. The Labute approximate surface area is 772 Å². The number of carboxylic acids is 2. The van der Waals surface area contributed by atoms with E-state index >= 15 is 9.59 Å². The van der Waals surface area contributed by atoms with Gasteiger partial charge in [-0.25, -0.2) is 0 Å². The largest absolute Gasteiger partial charge is 0.756 e. The van der Waals surface area contributed by atoms with Crippen molar-refractivity contribution < 1.29 is 179 Å². The van der Waals surface area contributed by atoms with E-state index in [0.717, 1.165) is 180 Å². The van der Waals surface area contributed by atoms with Gasteiger partial charge in [-0.2, -0.15) is 0 Å². The predicted octanol–water partition coefficient (Wildman–Crippen LogP) is 6.26. The van der Waals surface area contributed by atoms with E-state index in [0.29, 0.717) is 77.0 Å². The number of hydrogen-bond acceptors (Lipinski definition) is 37. The summed E-state index contributed by atoms with van der Waals surface area (Å²) < 4.78 is 103. The number of carbonyl (C=O) groups is 8. The first-order valence-electron chi connectivity index (χ1n) is 48.7. The van der Waals surface area contributed by atoms with Crippen LogP contribution in [0.3, 0.4) is 0 Å². The number of unbranched alkanes of at least 4 members (excludes halogenated alkanes) is 34. The Hall–Kier alpha value is -4.62. The fraction of sp³-hybridized carbons (Fsp3) is 0.911. The van der Waals surface area contributed by atoms with E-state index in [1.165, 1.54) is 0 Å². The van der Waals surface area contributed by atoms with Crippen LogP contribution in [0.4, 0.5) is 0 Å². The number of carboxylic acid groups (broad SMARTS) is 2. The number of hydrogen-bond donors (Lipinski definition) is 12. The Morgan fingerprint density at radius 1 is 0.344 bits per heavy atom. The molecule has 0 aliphatic carbocycles. The Morgan fingerprint density at radius 2 is 0.656 bits per heavy atom. The van der Waals surface area contributed by atoms with Crippen LogP contribution in [0.5, 0.6) is 0 Å². The van der Waals surface area contributed by atoms with Gasteiger partial charge in [0.15, 0.2) is 37.4 Å². The lowest BCUT2D eigenvalue weighted by Crippen LogP contribution is -2.68. The van der Waals surface area contributed by atoms with Crippen molar-refractivity contribution in [1.82, 2.24) is 10.6 Å². The second kappa shape index (κ2) is 66.8. The van der Waals surface area contributed by atoms with Gasteiger partial charge in [-0.05, 0) is 51.4 Å². The molecular formula is C90H158N2O37P2-4. The standard InChI is InChI=1S/C90H162N2O37P2/c1-7-13-19-25-31-33-39-45-51-67(98)118-61(49-43-37-29-23-17-11-5)55-65(96)91-71-81(122-69(100)53-59(94)47-41-35-27-21-15-9-3)73(102)64(121-88(71)127-131(115,116)129-90-79(108)75(104)77(106)84(125-90)86(111)112)58-117-87-72(92-66(97)56-62(50-44-38-30-24-18-12-6)119-68(99)52-46-40-34-32-26-20-14-8-2)82(123-70(101)54-60(95)48-42-36-28-22-16-10-4)80(63(57-93)120-87)126-130(113,114)128-89-78(107)74(103)76(105)83(124-89)85(109)110/h59-64,71-84,87-90,93-95,102-108H,7-58H2,1-6H3,(H,91,96)(H,92,97)(H,109,110)(H,111,112)(H,113,114)(H,115,116)/p-4/t59-,60-,61-,62-,63-,64-,71-,72-,73-,74+,75+,76-,77-,78-,79-,80-,81-,82-,83+,84+,87-,88-,89-,90-/m1/s1. The number of carbonyl (C=O) groups excluding carboxylic acids is 8. The summed E-state index contributed by atoms with van der Waals surface area (Å²) in [4.78, 5) is 141. The number of rotatable bonds is 74. The van der Waals surface area contributed by atoms with Crippen molar-refractivity contribution in [2.24, 2.45) is 0 Å². The Balaban J connectivity index is 2.01. The van der Waals surface area contributed by atoms with Crippen molar-refractivity contribution in [2.75, 3.05) is 13.2 Å². The summed E-state index contributed by atoms with van der Waals surface area (Å²) in [5.41, 5.74) is 0. The maximum absolute atomic E-state index is 15.3. The summed E-state index contributed by atoms with van der Waals surface area (Å²) in [5.74, 6) is -10.6. The molecule has 0 saturated carbocycles. The Kier molecular flexibility index (Phi) is 60.5. The molecule has 12 N–H and O–H groups in total. The van der Waals surface area contributed by atoms with E-state index in [9.17, 15) is 109 Å². The van der Waals surface area contributed by atoms with Gasteiger partial charge in [0.25, 0.3) is 15.6 Å². The molecule has 764 valence electrons. The number of aliphatic hydroxyl groups excluding tert-OH is 10. The van der Waals surface area contributed by atoms with Crippen molar-refractivity contribution in [1.29, 1.82) is 0 Å². The Morgan fingerprint density at radius 3 is 1.02 bits per heavy atom. The molecule has 4 saturated heterocycles. The molecule has 0 radical (unpaired) electrons. The number of phosphoric acid groups is 2. The predicted molar refractivity (Wildman–Crippen MR) is 463 cm³/mol. The van der Waals surface area contributed by atoms with Crippen molar-refractivity contribution in [3.63, 3.8) is 0 Å². The lowest BCUT2D eigenvalue weighted by molar-refractivity contribution is -0.351. The SMILES string of the molecule is CCCCCCCCCCC(=O)O[C@H](CCCCCCCC)CC(=O)N[C@H]1[C@H](OC[C@H]2O[C@H](OP(=O)([O-])O[C@H]3O[C@H](C(=O)[O-])[C@H](O)[C@H](O)[C@H]3O)[C@H](NC(=O)C[C@@H](CCCCCCCC)OC(=O)CCCCCCCCCC)[C@@H](OC(=O)C[C@H](O)CCCCCCCC)[C@@H]2O)O[C@H](CO)[C@@H](OP(=O)([O-])O[C@H]2O[C@H](C(=O)[O-])[C@H](O)[C@H](O)[C@H]2O)[C@@H]1OC(=O)C[C@H](O)CCCCCCCC. The average molecular weight is 1920 g/mol. The minimum Gasteiger partial charge on any atom is -0.756 e. The second-order valence-electron chi connectivity index (χ2n) is 35.4. The van der Waals surface area contributed by atoms with Crippen molar-refractivity contribution in [3.05, 3.63) is 0 Å². The second-order valence-corrected chi connectivity index (χ2v) is 38.1. The first-order chi connectivity index (χ1) is 62.6. The lowest BCUT2D eigenvalue weighted by Gasteiger charge is -2.48. The van der Waals surface area contributed by atoms with Gasteiger partial charge in [0, 0.05) is 12.8 Å². The molecule has 0 aromatic heterocycles. The van der Waals surface area contributed by atoms with E-state index in [4.69, 9.17) is 60.7 Å². The minimum atomic E-state index is -6.46. The zero-order valence-electron chi connectivity index (χ0n) is 78.0. The third-order valence-electron chi connectivity index (χ3n) is 23.9. The molecule has 41 heteroatoms. The van der Waals surface area contributed by atoms with Crippen molar-refractivity contribution in [3.8, 4) is 0 Å². The van der Waals surface area contributed by atoms with Crippen LogP contribution >= 0.6 is 15.6 Å². The molecule has 0 spiro atoms. The fourth-order valence-electron chi connectivity index (χ4n) is 16.3. The summed E-state index contributed by atoms with van der Waals surface area (Å²) in [6, 6.07) is -4.58. The van der Waals surface area contributed by atoms with Crippen molar-refractivity contribution >= 4 is 63.3 Å². The molecular weight excluding hydrogens is 1760 g/mol. The third kappa shape index (κ3) is 46.6. The summed E-state index contributed by atoms with van der Waals surface area (Å²) in [6.07, 6.45) is -20.9. The van der Waals surface area contributed by atoms with Crippen LogP contribution in [0, 0.1) is 0 Å². The van der Waals surface area contributed by atoms with Gasteiger partial charge >= 0.3 is 23.9 Å². The molecule has 0 aromatic carbocycles. The summed E-state index contributed by atoms with van der Waals surface area (Å²) in [5, 5.41) is 141. The Bertz CT molecular complexity index is 3280. The van der Waals surface area contributed by atoms with Crippen LogP contribution in [0.25, 0.3) is 0 Å². The third-order valence-corrected chi connectivity index (χ3v) is 25.8. The maximum Gasteiger partial charge on any atom is 0.308 e. The van der Waals surface area contributed by atoms with E-state index in [-0.39, 0.29) is 38.5 Å². The zero-order valence-corrected chi connectivity index (χ0v) is 79.8. The normalized spacial score (nSPS) is 27.6. The molecule has 4 aliphatic heterocycles. The summed E-state index contributed by atoms with van der Waals surface area (Å²) in [6.45, 7) is 9.61. The molecule has 131 heavy (non-hydrogen) atoms. The molecule has 26 atom stereocenters. The number of aliphatic hydroxyl groups is 10. The van der Waals surface area contributed by atoms with E-state index in [1.807, 2.05) is 27.7 Å². The molecule has 4 aliphatic rings. The van der Waals surface area contributed by atoms with Gasteiger partial charge in [-0.15, -0.1) is 0 Å². The van der Waals surface area contributed by atoms with Gasteiger partial charge in [-0.1, -0.05) is 273 Å². The molecule has 0 aromatic rings. The highest BCUT2D eigenvalue weighted by Gasteiger charge is 2.56. The lowest BCUT2D eigenvalue weighted by atomic mass is 9.95. The minimum absolute atomic E-state index is 0.00263. The highest BCUT2D eigenvalue weighted by Crippen LogP contribution is 2.49. The van der Waals surface area contributed by atoms with Crippen LogP contribution < -0.4 is 30.6 Å². The molecule has 4 rings (SSSR count). The highest BCUT2D eigenvalue weighted by atomic mass is 31.2. The first-order valence-corrected chi connectivity index (χ1v) is 51.6. The van der Waals surface area contributed by atoms with Gasteiger partial charge in [0.2, 0.25) is 11.8 Å². The van der Waals surface area contributed by atoms with Crippen LogP contribution in [-0.2, 0) is 108 Å². The smallest absolute Gasteiger partial charge is 0.308 e. The van der Waals surface area contributed by atoms with Crippen LogP contribution in [-0.4, -0.2) is 259 Å². The monoisotopic (exact) mass is 1920 g/mol. The molecule has 2 unspecified atom stereocenters. The van der Waals surface area contributed by atoms with Crippen LogP contribution in [0.1, 0.15) is 363 Å². The number of aliphatic carboxylic acids is 2. The number of nitrogens with one attached hydrogen (secondary N) is 2. The molecule has 4 heterocycles. The highest BCUT2D eigenvalue weighted by molar-refractivity contribution is 7.46. The number of esters is 4.